The van der Waals surface area contributed by atoms with Crippen molar-refractivity contribution in [3.8, 4) is 0 Å². The van der Waals surface area contributed by atoms with Gasteiger partial charge in [0.15, 0.2) is 0 Å². The minimum absolute atomic E-state index is 0.148. The van der Waals surface area contributed by atoms with Crippen LogP contribution in [0.15, 0.2) is 24.3 Å². The number of carbonyl (C=O) groups excluding carboxylic acids is 1. The summed E-state index contributed by atoms with van der Waals surface area (Å²) in [5.41, 5.74) is -0.572. The summed E-state index contributed by atoms with van der Waals surface area (Å²) in [4.78, 5) is 11.9. The Bertz CT molecular complexity index is 509. The number of nitrogens with one attached hydrogen (secondary N) is 1. The summed E-state index contributed by atoms with van der Waals surface area (Å²) in [5, 5.41) is 2.61. The van der Waals surface area contributed by atoms with Gasteiger partial charge >= 0.3 is 6.18 Å². The van der Waals surface area contributed by atoms with Gasteiger partial charge in [-0.25, -0.2) is 0 Å². The van der Waals surface area contributed by atoms with E-state index in [0.29, 0.717) is 18.7 Å². The lowest BCUT2D eigenvalue weighted by molar-refractivity contribution is -0.137. The molecule has 1 aromatic carbocycles. The van der Waals surface area contributed by atoms with Crippen molar-refractivity contribution in [1.82, 2.24) is 0 Å². The second kappa shape index (κ2) is 5.67. The summed E-state index contributed by atoms with van der Waals surface area (Å²) in [6.07, 6.45) is -3.26. The van der Waals surface area contributed by atoms with Crippen molar-refractivity contribution in [2.45, 2.75) is 38.5 Å². The highest BCUT2D eigenvalue weighted by atomic mass is 19.4. The van der Waals surface area contributed by atoms with Crippen LogP contribution in [0.25, 0.3) is 0 Å². The van der Waals surface area contributed by atoms with Crippen molar-refractivity contribution in [2.24, 2.45) is 5.92 Å². The van der Waals surface area contributed by atoms with E-state index in [9.17, 15) is 18.0 Å². The van der Waals surface area contributed by atoms with Crippen LogP contribution in [0.4, 0.5) is 18.9 Å². The molecule has 0 spiro atoms. The second-order valence-electron chi connectivity index (χ2n) is 5.97. The lowest BCUT2D eigenvalue weighted by Gasteiger charge is -2.15. The van der Waals surface area contributed by atoms with Crippen LogP contribution in [0.2, 0.25) is 0 Å². The Morgan fingerprint density at radius 1 is 1.33 bits per heavy atom. The standard InChI is InChI=1S/C15H18F3NO2/c1-14(2)8-10(9-21-14)7-13(20)19-12-5-3-11(4-6-12)15(16,17)18/h3-6,10H,7-9H2,1-2H3,(H,19,20). The third kappa shape index (κ3) is 4.46. The number of halogens is 3. The maximum absolute atomic E-state index is 12.4. The number of alkyl halides is 3. The van der Waals surface area contributed by atoms with Crippen LogP contribution in [0.3, 0.4) is 0 Å². The molecule has 1 fully saturated rings. The zero-order chi connectivity index (χ0) is 15.7. The first-order valence-electron chi connectivity index (χ1n) is 6.77. The van der Waals surface area contributed by atoms with E-state index in [1.54, 1.807) is 0 Å². The molecule has 1 amide bonds. The first-order valence-corrected chi connectivity index (χ1v) is 6.77. The van der Waals surface area contributed by atoms with Crippen LogP contribution in [0.5, 0.6) is 0 Å². The van der Waals surface area contributed by atoms with Crippen LogP contribution in [0, 0.1) is 5.92 Å². The number of carbonyl (C=O) groups is 1. The Labute approximate surface area is 121 Å². The van der Waals surface area contributed by atoms with Crippen molar-refractivity contribution in [2.75, 3.05) is 11.9 Å². The minimum atomic E-state index is -4.37. The zero-order valence-corrected chi connectivity index (χ0v) is 12.0. The molecule has 2 rings (SSSR count). The third-order valence-electron chi connectivity index (χ3n) is 3.46. The first-order chi connectivity index (χ1) is 9.66. The molecule has 6 heteroatoms. The Kier molecular flexibility index (Phi) is 4.27. The molecule has 1 aromatic rings. The molecule has 1 saturated heterocycles. The van der Waals surface area contributed by atoms with Crippen LogP contribution in [0.1, 0.15) is 32.3 Å². The van der Waals surface area contributed by atoms with E-state index in [4.69, 9.17) is 4.74 Å². The number of hydrogen-bond donors (Lipinski definition) is 1. The number of rotatable bonds is 3. The normalized spacial score (nSPS) is 21.3. The molecule has 1 atom stereocenters. The quantitative estimate of drug-likeness (QED) is 0.921. The maximum atomic E-state index is 12.4. The molecule has 1 N–H and O–H groups in total. The van der Waals surface area contributed by atoms with Gasteiger partial charge in [-0.15, -0.1) is 0 Å². The molecule has 0 saturated carbocycles. The van der Waals surface area contributed by atoms with Crippen LogP contribution in [-0.4, -0.2) is 18.1 Å². The lowest BCUT2D eigenvalue weighted by Crippen LogP contribution is -2.19. The molecule has 1 unspecified atom stereocenters. The number of hydrogen-bond acceptors (Lipinski definition) is 2. The highest BCUT2D eigenvalue weighted by Crippen LogP contribution is 2.32. The SMILES string of the molecule is CC1(C)CC(CC(=O)Nc2ccc(C(F)(F)F)cc2)CO1. The van der Waals surface area contributed by atoms with Gasteiger partial charge in [-0.1, -0.05) is 0 Å². The first kappa shape index (κ1) is 15.8. The summed E-state index contributed by atoms with van der Waals surface area (Å²) in [6, 6.07) is 4.43. The fourth-order valence-corrected chi connectivity index (χ4v) is 2.50. The predicted octanol–water partition coefficient (Wildman–Crippen LogP) is 3.85. The second-order valence-corrected chi connectivity index (χ2v) is 5.97. The average Bonchev–Trinajstić information content (AvgIpc) is 2.68. The zero-order valence-electron chi connectivity index (χ0n) is 12.0. The van der Waals surface area contributed by atoms with E-state index in [2.05, 4.69) is 5.32 Å². The van der Waals surface area contributed by atoms with Gasteiger partial charge < -0.3 is 10.1 Å². The molecule has 0 bridgehead atoms. The van der Waals surface area contributed by atoms with E-state index in [1.165, 1.54) is 12.1 Å². The Morgan fingerprint density at radius 2 is 1.95 bits per heavy atom. The van der Waals surface area contributed by atoms with Gasteiger partial charge in [0.2, 0.25) is 5.91 Å². The summed E-state index contributed by atoms with van der Waals surface area (Å²) in [5.74, 6) is -0.0597. The van der Waals surface area contributed by atoms with Crippen molar-refractivity contribution in [1.29, 1.82) is 0 Å². The molecule has 1 aliphatic rings. The van der Waals surface area contributed by atoms with Crippen LogP contribution < -0.4 is 5.32 Å². The molecular weight excluding hydrogens is 283 g/mol. The van der Waals surface area contributed by atoms with E-state index in [0.717, 1.165) is 18.6 Å². The molecule has 3 nitrogen and oxygen atoms in total. The van der Waals surface area contributed by atoms with Crippen molar-refractivity contribution in [3.63, 3.8) is 0 Å². The molecule has 0 aromatic heterocycles. The summed E-state index contributed by atoms with van der Waals surface area (Å²) in [6.45, 7) is 4.48. The largest absolute Gasteiger partial charge is 0.416 e. The van der Waals surface area contributed by atoms with E-state index >= 15 is 0 Å². The minimum Gasteiger partial charge on any atom is -0.375 e. The highest BCUT2D eigenvalue weighted by molar-refractivity contribution is 5.90. The van der Waals surface area contributed by atoms with Gasteiger partial charge in [0.1, 0.15) is 0 Å². The number of anilines is 1. The monoisotopic (exact) mass is 301 g/mol. The smallest absolute Gasteiger partial charge is 0.375 e. The molecule has 0 aliphatic carbocycles. The molecule has 116 valence electrons. The number of ether oxygens (including phenoxy) is 1. The van der Waals surface area contributed by atoms with Gasteiger partial charge in [0, 0.05) is 12.1 Å². The summed E-state index contributed by atoms with van der Waals surface area (Å²) < 4.78 is 42.8. The summed E-state index contributed by atoms with van der Waals surface area (Å²) >= 11 is 0. The van der Waals surface area contributed by atoms with E-state index < -0.39 is 11.7 Å². The predicted molar refractivity (Wildman–Crippen MR) is 72.8 cm³/mol. The van der Waals surface area contributed by atoms with Gasteiger partial charge in [0.05, 0.1) is 17.8 Å². The fraction of sp³-hybridized carbons (Fsp3) is 0.533. The van der Waals surface area contributed by atoms with Crippen LogP contribution in [-0.2, 0) is 15.7 Å². The Balaban J connectivity index is 1.88. The van der Waals surface area contributed by atoms with Gasteiger partial charge in [-0.3, -0.25) is 4.79 Å². The fourth-order valence-electron chi connectivity index (χ4n) is 2.50. The van der Waals surface area contributed by atoms with Crippen molar-refractivity contribution >= 4 is 11.6 Å². The Hall–Kier alpha value is -1.56. The van der Waals surface area contributed by atoms with E-state index in [1.807, 2.05) is 13.8 Å². The molecule has 21 heavy (non-hydrogen) atoms. The topological polar surface area (TPSA) is 38.3 Å². The van der Waals surface area contributed by atoms with Crippen molar-refractivity contribution < 1.29 is 22.7 Å². The van der Waals surface area contributed by atoms with Gasteiger partial charge in [-0.05, 0) is 50.5 Å². The summed E-state index contributed by atoms with van der Waals surface area (Å²) in [7, 11) is 0. The molecule has 0 radical (unpaired) electrons. The average molecular weight is 301 g/mol. The Morgan fingerprint density at radius 3 is 2.43 bits per heavy atom. The highest BCUT2D eigenvalue weighted by Gasteiger charge is 2.33. The molecule has 1 aliphatic heterocycles. The lowest BCUT2D eigenvalue weighted by atomic mass is 9.95. The number of amides is 1. The maximum Gasteiger partial charge on any atom is 0.416 e. The van der Waals surface area contributed by atoms with Crippen molar-refractivity contribution in [3.05, 3.63) is 29.8 Å². The van der Waals surface area contributed by atoms with E-state index in [-0.39, 0.29) is 17.4 Å². The van der Waals surface area contributed by atoms with Crippen LogP contribution >= 0.6 is 0 Å². The molecule has 1 heterocycles. The third-order valence-corrected chi connectivity index (χ3v) is 3.46. The molecular formula is C15H18F3NO2. The van der Waals surface area contributed by atoms with Gasteiger partial charge in [0.25, 0.3) is 0 Å². The van der Waals surface area contributed by atoms with Gasteiger partial charge in [-0.2, -0.15) is 13.2 Å². The number of benzene rings is 1.